The lowest BCUT2D eigenvalue weighted by molar-refractivity contribution is 0.0697. The number of aromatic carboxylic acids is 1. The lowest BCUT2D eigenvalue weighted by atomic mass is 10.2. The number of benzene rings is 1. The van der Waals surface area contributed by atoms with Crippen LogP contribution in [0.5, 0.6) is 5.75 Å². The summed E-state index contributed by atoms with van der Waals surface area (Å²) in [5.74, 6) is -0.442. The quantitative estimate of drug-likeness (QED) is 0.763. The van der Waals surface area contributed by atoms with Crippen molar-refractivity contribution in [1.82, 2.24) is 9.78 Å². The monoisotopic (exact) mass is 290 g/mol. The Kier molecular flexibility index (Phi) is 4.55. The Morgan fingerprint density at radius 2 is 1.86 bits per heavy atom. The van der Waals surface area contributed by atoms with Gasteiger partial charge in [0.2, 0.25) is 0 Å². The maximum absolute atomic E-state index is 11.4. The highest BCUT2D eigenvalue weighted by Gasteiger charge is 2.02. The molecular formula is C14H14N2O5. The first kappa shape index (κ1) is 14.6. The highest BCUT2D eigenvalue weighted by molar-refractivity contribution is 5.87. The van der Waals surface area contributed by atoms with Gasteiger partial charge >= 0.3 is 5.97 Å². The molecule has 0 aliphatic carbocycles. The number of nitrogens with one attached hydrogen (secondary N) is 1. The van der Waals surface area contributed by atoms with Crippen molar-refractivity contribution in [3.05, 3.63) is 62.7 Å². The molecule has 1 heterocycles. The van der Waals surface area contributed by atoms with E-state index < -0.39 is 5.97 Å². The van der Waals surface area contributed by atoms with Crippen LogP contribution in [-0.2, 0) is 6.54 Å². The zero-order valence-corrected chi connectivity index (χ0v) is 11.1. The van der Waals surface area contributed by atoms with Gasteiger partial charge < -0.3 is 9.84 Å². The van der Waals surface area contributed by atoms with Crippen LogP contribution in [0.15, 0.2) is 46.0 Å². The third-order valence-electron chi connectivity index (χ3n) is 2.78. The van der Waals surface area contributed by atoms with E-state index in [0.717, 1.165) is 0 Å². The number of carbonyl (C=O) groups is 1. The molecule has 0 spiro atoms. The maximum Gasteiger partial charge on any atom is 0.335 e. The highest BCUT2D eigenvalue weighted by atomic mass is 16.5. The molecule has 1 aromatic carbocycles. The van der Waals surface area contributed by atoms with E-state index >= 15 is 0 Å². The number of hydrogen-bond acceptors (Lipinski definition) is 4. The molecule has 7 heteroatoms. The summed E-state index contributed by atoms with van der Waals surface area (Å²) >= 11 is 0. The first-order valence-corrected chi connectivity index (χ1v) is 6.32. The fourth-order valence-electron chi connectivity index (χ4n) is 1.73. The summed E-state index contributed by atoms with van der Waals surface area (Å²) in [6.07, 6.45) is 0.528. The van der Waals surface area contributed by atoms with Gasteiger partial charge in [0, 0.05) is 25.1 Å². The molecule has 0 saturated carbocycles. The van der Waals surface area contributed by atoms with E-state index in [1.165, 1.54) is 28.9 Å². The van der Waals surface area contributed by atoms with Gasteiger partial charge in [0.25, 0.3) is 11.1 Å². The maximum atomic E-state index is 11.4. The smallest absolute Gasteiger partial charge is 0.335 e. The number of aryl methyl sites for hydroxylation is 1. The van der Waals surface area contributed by atoms with Crippen molar-refractivity contribution in [2.45, 2.75) is 13.0 Å². The predicted octanol–water partition coefficient (Wildman–Crippen LogP) is 0.704. The van der Waals surface area contributed by atoms with Crippen molar-refractivity contribution < 1.29 is 14.6 Å². The van der Waals surface area contributed by atoms with Crippen molar-refractivity contribution in [1.29, 1.82) is 0 Å². The van der Waals surface area contributed by atoms with Crippen molar-refractivity contribution in [3.63, 3.8) is 0 Å². The number of hydrogen-bond donors (Lipinski definition) is 2. The molecule has 2 aromatic rings. The van der Waals surface area contributed by atoms with Crippen molar-refractivity contribution >= 4 is 5.97 Å². The van der Waals surface area contributed by atoms with E-state index in [4.69, 9.17) is 9.84 Å². The number of aromatic nitrogens is 2. The van der Waals surface area contributed by atoms with Crippen LogP contribution in [0.2, 0.25) is 0 Å². The Labute approximate surface area is 119 Å². The van der Waals surface area contributed by atoms with E-state index in [1.54, 1.807) is 12.1 Å². The molecule has 0 amide bonds. The van der Waals surface area contributed by atoms with Crippen molar-refractivity contribution in [2.24, 2.45) is 0 Å². The summed E-state index contributed by atoms with van der Waals surface area (Å²) in [5.41, 5.74) is -0.420. The van der Waals surface area contributed by atoms with E-state index in [9.17, 15) is 14.4 Å². The molecular weight excluding hydrogens is 276 g/mol. The van der Waals surface area contributed by atoms with Gasteiger partial charge in [-0.25, -0.2) is 4.79 Å². The Hall–Kier alpha value is -2.83. The second-order valence-electron chi connectivity index (χ2n) is 4.33. The Morgan fingerprint density at radius 1 is 1.14 bits per heavy atom. The van der Waals surface area contributed by atoms with Gasteiger partial charge in [0.15, 0.2) is 0 Å². The number of nitrogens with zero attached hydrogens (tertiary/aromatic N) is 1. The highest BCUT2D eigenvalue weighted by Crippen LogP contribution is 2.12. The molecule has 0 unspecified atom stereocenters. The van der Waals surface area contributed by atoms with Crippen LogP contribution >= 0.6 is 0 Å². The van der Waals surface area contributed by atoms with Crippen LogP contribution < -0.4 is 15.9 Å². The second kappa shape index (κ2) is 6.56. The minimum Gasteiger partial charge on any atom is -0.494 e. The average molecular weight is 290 g/mol. The molecule has 2 rings (SSSR count). The minimum absolute atomic E-state index is 0.191. The van der Waals surface area contributed by atoms with Gasteiger partial charge in [-0.3, -0.25) is 19.4 Å². The predicted molar refractivity (Wildman–Crippen MR) is 74.8 cm³/mol. The summed E-state index contributed by atoms with van der Waals surface area (Å²) < 4.78 is 6.65. The topological polar surface area (TPSA) is 101 Å². The fraction of sp³-hybridized carbons (Fsp3) is 0.214. The Balaban J connectivity index is 1.84. The second-order valence-corrected chi connectivity index (χ2v) is 4.33. The molecule has 0 bridgehead atoms. The van der Waals surface area contributed by atoms with Gasteiger partial charge in [-0.1, -0.05) is 0 Å². The van der Waals surface area contributed by atoms with E-state index in [-0.39, 0.29) is 16.7 Å². The lowest BCUT2D eigenvalue weighted by Crippen LogP contribution is -2.28. The van der Waals surface area contributed by atoms with Gasteiger partial charge in [0.1, 0.15) is 5.75 Å². The first-order chi connectivity index (χ1) is 10.1. The summed E-state index contributed by atoms with van der Waals surface area (Å²) in [6.45, 7) is 0.678. The molecule has 7 nitrogen and oxygen atoms in total. The van der Waals surface area contributed by atoms with E-state index in [0.29, 0.717) is 25.3 Å². The van der Waals surface area contributed by atoms with Crippen LogP contribution in [0, 0.1) is 0 Å². The number of H-pyrrole nitrogens is 1. The number of rotatable bonds is 6. The fourth-order valence-corrected chi connectivity index (χ4v) is 1.73. The SMILES string of the molecule is O=C(O)c1ccc(OCCCn2[nH]c(=O)ccc2=O)cc1. The molecule has 0 aliphatic heterocycles. The van der Waals surface area contributed by atoms with E-state index in [2.05, 4.69) is 5.10 Å². The van der Waals surface area contributed by atoms with E-state index in [1.807, 2.05) is 0 Å². The van der Waals surface area contributed by atoms with Crippen LogP contribution in [0.4, 0.5) is 0 Å². The lowest BCUT2D eigenvalue weighted by Gasteiger charge is -2.07. The number of aromatic amines is 1. The Bertz CT molecular complexity index is 730. The first-order valence-electron chi connectivity index (χ1n) is 6.32. The molecule has 0 radical (unpaired) electrons. The van der Waals surface area contributed by atoms with Gasteiger partial charge in [-0.05, 0) is 24.3 Å². The summed E-state index contributed by atoms with van der Waals surface area (Å²) in [7, 11) is 0. The standard InChI is InChI=1S/C14H14N2O5/c17-12-6-7-13(18)16(15-12)8-1-9-21-11-4-2-10(3-5-11)14(19)20/h2-7H,1,8-9H2,(H,15,17)(H,19,20). The molecule has 0 fully saturated rings. The van der Waals surface area contributed by atoms with Crippen molar-refractivity contribution in [3.8, 4) is 5.75 Å². The molecule has 0 aliphatic rings. The molecule has 1 aromatic heterocycles. The summed E-state index contributed by atoms with van der Waals surface area (Å²) in [6, 6.07) is 8.44. The van der Waals surface area contributed by atoms with Gasteiger partial charge in [0.05, 0.1) is 12.2 Å². The summed E-state index contributed by atoms with van der Waals surface area (Å²) in [4.78, 5) is 33.2. The Morgan fingerprint density at radius 3 is 2.52 bits per heavy atom. The zero-order chi connectivity index (χ0) is 15.2. The largest absolute Gasteiger partial charge is 0.494 e. The molecule has 21 heavy (non-hydrogen) atoms. The molecule has 2 N–H and O–H groups in total. The normalized spacial score (nSPS) is 10.3. The van der Waals surface area contributed by atoms with Gasteiger partial charge in [-0.2, -0.15) is 0 Å². The van der Waals surface area contributed by atoms with Crippen LogP contribution in [0.3, 0.4) is 0 Å². The van der Waals surface area contributed by atoms with Gasteiger partial charge in [-0.15, -0.1) is 0 Å². The summed E-state index contributed by atoms with van der Waals surface area (Å²) in [5, 5.41) is 11.2. The van der Waals surface area contributed by atoms with Crippen LogP contribution in [-0.4, -0.2) is 27.5 Å². The number of carboxylic acids is 1. The zero-order valence-electron chi connectivity index (χ0n) is 11.1. The number of ether oxygens (including phenoxy) is 1. The van der Waals surface area contributed by atoms with Crippen LogP contribution in [0.1, 0.15) is 16.8 Å². The van der Waals surface area contributed by atoms with Crippen molar-refractivity contribution in [2.75, 3.05) is 6.61 Å². The molecule has 110 valence electrons. The number of carboxylic acid groups (broad SMARTS) is 1. The average Bonchev–Trinajstić information content (AvgIpc) is 2.47. The molecule has 0 saturated heterocycles. The third-order valence-corrected chi connectivity index (χ3v) is 2.78. The minimum atomic E-state index is -0.992. The third kappa shape index (κ3) is 4.07. The van der Waals surface area contributed by atoms with Crippen LogP contribution in [0.25, 0.3) is 0 Å². The molecule has 0 atom stereocenters.